The number of aromatic nitrogens is 1. The molecule has 158 valence electrons. The Balaban J connectivity index is 1.51. The van der Waals surface area contributed by atoms with Crippen LogP contribution >= 0.6 is 0 Å². The number of amides is 1. The van der Waals surface area contributed by atoms with Crippen molar-refractivity contribution in [3.05, 3.63) is 41.3 Å². The lowest BCUT2D eigenvalue weighted by Crippen LogP contribution is -2.47. The second-order valence-corrected chi connectivity index (χ2v) is 9.02. The van der Waals surface area contributed by atoms with Gasteiger partial charge in [0.2, 0.25) is 10.0 Å². The number of carbonyl (C=O) groups is 1. The lowest BCUT2D eigenvalue weighted by atomic mass is 10.1. The molecule has 0 radical (unpaired) electrons. The van der Waals surface area contributed by atoms with Gasteiger partial charge in [-0.1, -0.05) is 30.3 Å². The minimum absolute atomic E-state index is 0.0609. The summed E-state index contributed by atoms with van der Waals surface area (Å²) in [6.07, 6.45) is 1.91. The molecule has 1 fully saturated rings. The van der Waals surface area contributed by atoms with Crippen molar-refractivity contribution in [3.8, 4) is 5.75 Å². The standard InChI is InChI=1S/C20H27N3O5S/c1-4-16-7-5-6-8-18(16)27-13-19(24)21-17-9-11-23(12-10-17)29(25,26)20-14(2)22-28-15(20)3/h5-8,17H,4,9-13H2,1-3H3,(H,21,24). The van der Waals surface area contributed by atoms with E-state index in [0.717, 1.165) is 12.0 Å². The summed E-state index contributed by atoms with van der Waals surface area (Å²) in [5.41, 5.74) is 1.42. The summed E-state index contributed by atoms with van der Waals surface area (Å²) in [5, 5.41) is 6.68. The van der Waals surface area contributed by atoms with Crippen LogP contribution in [0.1, 0.15) is 36.8 Å². The van der Waals surface area contributed by atoms with Crippen LogP contribution in [0.25, 0.3) is 0 Å². The van der Waals surface area contributed by atoms with Crippen molar-refractivity contribution in [2.75, 3.05) is 19.7 Å². The number of para-hydroxylation sites is 1. The highest BCUT2D eigenvalue weighted by Crippen LogP contribution is 2.26. The van der Waals surface area contributed by atoms with Gasteiger partial charge in [0.1, 0.15) is 16.3 Å². The number of hydrogen-bond donors (Lipinski definition) is 1. The molecule has 8 nitrogen and oxygen atoms in total. The molecule has 2 heterocycles. The summed E-state index contributed by atoms with van der Waals surface area (Å²) in [6, 6.07) is 7.56. The zero-order valence-corrected chi connectivity index (χ0v) is 17.8. The van der Waals surface area contributed by atoms with E-state index in [-0.39, 0.29) is 23.5 Å². The van der Waals surface area contributed by atoms with Crippen LogP contribution in [-0.4, -0.2) is 49.5 Å². The van der Waals surface area contributed by atoms with Gasteiger partial charge in [0.25, 0.3) is 5.91 Å². The van der Waals surface area contributed by atoms with Gasteiger partial charge in [-0.2, -0.15) is 4.31 Å². The summed E-state index contributed by atoms with van der Waals surface area (Å²) < 4.78 is 37.8. The Kier molecular flexibility index (Phi) is 6.59. The normalized spacial score (nSPS) is 16.0. The Hall–Kier alpha value is -2.39. The Labute approximate surface area is 171 Å². The third-order valence-electron chi connectivity index (χ3n) is 5.10. The quantitative estimate of drug-likeness (QED) is 0.735. The van der Waals surface area contributed by atoms with E-state index >= 15 is 0 Å². The molecule has 0 atom stereocenters. The van der Waals surface area contributed by atoms with E-state index in [9.17, 15) is 13.2 Å². The Bertz CT molecular complexity index is 943. The summed E-state index contributed by atoms with van der Waals surface area (Å²) in [7, 11) is -3.65. The van der Waals surface area contributed by atoms with Crippen LogP contribution < -0.4 is 10.1 Å². The number of piperidine rings is 1. The number of carbonyl (C=O) groups excluding carboxylic acids is 1. The van der Waals surface area contributed by atoms with Crippen molar-refractivity contribution in [2.24, 2.45) is 0 Å². The first-order valence-electron chi connectivity index (χ1n) is 9.76. The van der Waals surface area contributed by atoms with Crippen molar-refractivity contribution in [2.45, 2.75) is 51.0 Å². The molecule has 0 unspecified atom stereocenters. The van der Waals surface area contributed by atoms with Gasteiger partial charge in [-0.25, -0.2) is 8.42 Å². The van der Waals surface area contributed by atoms with Crippen molar-refractivity contribution in [1.82, 2.24) is 14.8 Å². The maximum absolute atomic E-state index is 12.9. The average Bonchev–Trinajstić information content (AvgIpc) is 3.06. The highest BCUT2D eigenvalue weighted by atomic mass is 32.2. The number of aryl methyl sites for hydroxylation is 3. The summed E-state index contributed by atoms with van der Waals surface area (Å²) in [6.45, 7) is 5.85. The molecule has 0 aliphatic carbocycles. The number of benzene rings is 1. The minimum atomic E-state index is -3.65. The first-order chi connectivity index (χ1) is 13.8. The second-order valence-electron chi connectivity index (χ2n) is 7.15. The SMILES string of the molecule is CCc1ccccc1OCC(=O)NC1CCN(S(=O)(=O)c2c(C)noc2C)CC1. The van der Waals surface area contributed by atoms with E-state index in [2.05, 4.69) is 10.5 Å². The van der Waals surface area contributed by atoms with Gasteiger partial charge in [-0.15, -0.1) is 0 Å². The Morgan fingerprint density at radius 1 is 1.28 bits per heavy atom. The maximum atomic E-state index is 12.9. The Morgan fingerprint density at radius 3 is 2.59 bits per heavy atom. The smallest absolute Gasteiger partial charge is 0.258 e. The van der Waals surface area contributed by atoms with Gasteiger partial charge >= 0.3 is 0 Å². The molecular formula is C20H27N3O5S. The number of ether oxygens (including phenoxy) is 1. The predicted molar refractivity (Wildman–Crippen MR) is 107 cm³/mol. The molecule has 29 heavy (non-hydrogen) atoms. The van der Waals surface area contributed by atoms with Crippen molar-refractivity contribution in [3.63, 3.8) is 0 Å². The zero-order valence-electron chi connectivity index (χ0n) is 17.0. The fourth-order valence-corrected chi connectivity index (χ4v) is 5.32. The van der Waals surface area contributed by atoms with E-state index in [1.54, 1.807) is 13.8 Å². The molecule has 0 spiro atoms. The van der Waals surface area contributed by atoms with Crippen LogP contribution in [0.5, 0.6) is 5.75 Å². The lowest BCUT2D eigenvalue weighted by Gasteiger charge is -2.31. The summed E-state index contributed by atoms with van der Waals surface area (Å²) in [5.74, 6) is 0.802. The van der Waals surface area contributed by atoms with Crippen LogP contribution in [0.2, 0.25) is 0 Å². The number of nitrogens with one attached hydrogen (secondary N) is 1. The molecule has 2 aromatic rings. The Morgan fingerprint density at radius 2 is 1.97 bits per heavy atom. The third kappa shape index (κ3) is 4.79. The van der Waals surface area contributed by atoms with Gasteiger partial charge < -0.3 is 14.6 Å². The molecule has 0 bridgehead atoms. The van der Waals surface area contributed by atoms with E-state index in [4.69, 9.17) is 9.26 Å². The first kappa shape index (κ1) is 21.3. The molecule has 1 aromatic heterocycles. The van der Waals surface area contributed by atoms with Gasteiger partial charge in [-0.05, 0) is 44.7 Å². The zero-order chi connectivity index (χ0) is 21.0. The number of nitrogens with zero attached hydrogens (tertiary/aromatic N) is 2. The van der Waals surface area contributed by atoms with Crippen LogP contribution in [0, 0.1) is 13.8 Å². The number of hydrogen-bond acceptors (Lipinski definition) is 6. The van der Waals surface area contributed by atoms with Gasteiger partial charge in [0.05, 0.1) is 0 Å². The molecular weight excluding hydrogens is 394 g/mol. The largest absolute Gasteiger partial charge is 0.483 e. The molecule has 1 aromatic carbocycles. The van der Waals surface area contributed by atoms with E-state index in [1.807, 2.05) is 31.2 Å². The highest BCUT2D eigenvalue weighted by molar-refractivity contribution is 7.89. The van der Waals surface area contributed by atoms with E-state index < -0.39 is 10.0 Å². The van der Waals surface area contributed by atoms with Crippen LogP contribution in [0.15, 0.2) is 33.7 Å². The number of sulfonamides is 1. The highest BCUT2D eigenvalue weighted by Gasteiger charge is 2.34. The fourth-order valence-electron chi connectivity index (χ4n) is 3.56. The van der Waals surface area contributed by atoms with E-state index in [1.165, 1.54) is 4.31 Å². The van der Waals surface area contributed by atoms with Crippen LogP contribution in [0.4, 0.5) is 0 Å². The monoisotopic (exact) mass is 421 g/mol. The molecule has 1 saturated heterocycles. The summed E-state index contributed by atoms with van der Waals surface area (Å²) >= 11 is 0. The molecule has 9 heteroatoms. The van der Waals surface area contributed by atoms with Crippen molar-refractivity contribution < 1.29 is 22.5 Å². The van der Waals surface area contributed by atoms with Crippen molar-refractivity contribution in [1.29, 1.82) is 0 Å². The van der Waals surface area contributed by atoms with Crippen LogP contribution in [0.3, 0.4) is 0 Å². The number of rotatable bonds is 7. The first-order valence-corrected chi connectivity index (χ1v) is 11.2. The predicted octanol–water partition coefficient (Wildman–Crippen LogP) is 2.20. The summed E-state index contributed by atoms with van der Waals surface area (Å²) in [4.78, 5) is 12.4. The average molecular weight is 422 g/mol. The molecule has 1 aliphatic rings. The second kappa shape index (κ2) is 8.96. The van der Waals surface area contributed by atoms with E-state index in [0.29, 0.717) is 43.1 Å². The third-order valence-corrected chi connectivity index (χ3v) is 7.24. The fraction of sp³-hybridized carbons (Fsp3) is 0.500. The molecule has 1 aliphatic heterocycles. The maximum Gasteiger partial charge on any atom is 0.258 e. The topological polar surface area (TPSA) is 102 Å². The minimum Gasteiger partial charge on any atom is -0.483 e. The molecule has 1 amide bonds. The van der Waals surface area contributed by atoms with Crippen molar-refractivity contribution >= 4 is 15.9 Å². The molecule has 1 N–H and O–H groups in total. The molecule has 3 rings (SSSR count). The lowest BCUT2D eigenvalue weighted by molar-refractivity contribution is -0.124. The van der Waals surface area contributed by atoms with Crippen LogP contribution in [-0.2, 0) is 21.2 Å². The van der Waals surface area contributed by atoms with Gasteiger partial charge in [0.15, 0.2) is 12.4 Å². The van der Waals surface area contributed by atoms with Gasteiger partial charge in [-0.3, -0.25) is 4.79 Å². The molecule has 0 saturated carbocycles. The van der Waals surface area contributed by atoms with Gasteiger partial charge in [0, 0.05) is 19.1 Å².